The van der Waals surface area contributed by atoms with Gasteiger partial charge in [0.1, 0.15) is 11.6 Å². The predicted octanol–water partition coefficient (Wildman–Crippen LogP) is 7.10. The molecule has 1 amide bonds. The molecule has 0 saturated carbocycles. The molecule has 0 aliphatic rings. The molecule has 0 unspecified atom stereocenters. The molecule has 0 saturated heterocycles. The third-order valence-electron chi connectivity index (χ3n) is 5.85. The van der Waals surface area contributed by atoms with E-state index in [-0.39, 0.29) is 11.7 Å². The Kier molecular flexibility index (Phi) is 6.09. The van der Waals surface area contributed by atoms with Gasteiger partial charge in [0.05, 0.1) is 11.4 Å². The van der Waals surface area contributed by atoms with Crippen molar-refractivity contribution in [2.75, 3.05) is 5.32 Å². The van der Waals surface area contributed by atoms with Gasteiger partial charge in [-0.25, -0.2) is 9.07 Å². The highest BCUT2D eigenvalue weighted by atomic mass is 79.9. The van der Waals surface area contributed by atoms with Crippen LogP contribution in [0.25, 0.3) is 22.6 Å². The SMILES string of the molecule is Cc1cc(-c2cc(NC(=O)c3ccc(F)cc3)n(-c3ccccc3)n2)c(C)n1-c1ccc(Br)cc1. The second-order valence-corrected chi connectivity index (χ2v) is 9.14. The van der Waals surface area contributed by atoms with E-state index in [1.54, 1.807) is 4.68 Å². The molecule has 35 heavy (non-hydrogen) atoms. The Balaban J connectivity index is 1.57. The van der Waals surface area contributed by atoms with Gasteiger partial charge < -0.3 is 9.88 Å². The number of hydrogen-bond acceptors (Lipinski definition) is 2. The van der Waals surface area contributed by atoms with Gasteiger partial charge in [0, 0.05) is 38.7 Å². The van der Waals surface area contributed by atoms with Gasteiger partial charge in [-0.3, -0.25) is 4.79 Å². The number of carbonyl (C=O) groups is 1. The van der Waals surface area contributed by atoms with Crippen LogP contribution in [0.4, 0.5) is 10.2 Å². The second-order valence-electron chi connectivity index (χ2n) is 8.22. The first-order valence-electron chi connectivity index (χ1n) is 11.1. The molecular weight excluding hydrogens is 507 g/mol. The highest BCUT2D eigenvalue weighted by Crippen LogP contribution is 2.32. The molecule has 2 heterocycles. The zero-order valence-electron chi connectivity index (χ0n) is 19.2. The quantitative estimate of drug-likeness (QED) is 0.264. The molecule has 174 valence electrons. The van der Waals surface area contributed by atoms with Crippen LogP contribution in [0.3, 0.4) is 0 Å². The molecule has 2 aromatic heterocycles. The number of hydrogen-bond donors (Lipinski definition) is 1. The lowest BCUT2D eigenvalue weighted by molar-refractivity contribution is 0.102. The van der Waals surface area contributed by atoms with Crippen molar-refractivity contribution in [3.63, 3.8) is 0 Å². The summed E-state index contributed by atoms with van der Waals surface area (Å²) in [5, 5.41) is 7.80. The van der Waals surface area contributed by atoms with Gasteiger partial charge >= 0.3 is 0 Å². The van der Waals surface area contributed by atoms with E-state index in [9.17, 15) is 9.18 Å². The largest absolute Gasteiger partial charge is 0.318 e. The Labute approximate surface area is 211 Å². The number of para-hydroxylation sites is 1. The number of aromatic nitrogens is 3. The Morgan fingerprint density at radius 3 is 2.26 bits per heavy atom. The van der Waals surface area contributed by atoms with Crippen molar-refractivity contribution in [3.05, 3.63) is 118 Å². The van der Waals surface area contributed by atoms with Gasteiger partial charge in [0.2, 0.25) is 0 Å². The Morgan fingerprint density at radius 2 is 1.57 bits per heavy atom. The van der Waals surface area contributed by atoms with E-state index in [2.05, 4.69) is 57.9 Å². The summed E-state index contributed by atoms with van der Waals surface area (Å²) in [6, 6.07) is 27.2. The molecule has 0 fully saturated rings. The summed E-state index contributed by atoms with van der Waals surface area (Å²) in [5.74, 6) is -0.206. The smallest absolute Gasteiger partial charge is 0.256 e. The van der Waals surface area contributed by atoms with E-state index in [0.29, 0.717) is 11.4 Å². The second kappa shape index (κ2) is 9.35. The topological polar surface area (TPSA) is 51.9 Å². The van der Waals surface area contributed by atoms with E-state index in [1.165, 1.54) is 24.3 Å². The number of anilines is 1. The van der Waals surface area contributed by atoms with Crippen LogP contribution in [0.5, 0.6) is 0 Å². The first-order chi connectivity index (χ1) is 16.9. The highest BCUT2D eigenvalue weighted by Gasteiger charge is 2.19. The van der Waals surface area contributed by atoms with Gasteiger partial charge in [0.25, 0.3) is 5.91 Å². The van der Waals surface area contributed by atoms with Crippen LogP contribution >= 0.6 is 15.9 Å². The minimum absolute atomic E-state index is 0.339. The third-order valence-corrected chi connectivity index (χ3v) is 6.38. The molecule has 0 bridgehead atoms. The summed E-state index contributed by atoms with van der Waals surface area (Å²) in [6.07, 6.45) is 0. The maximum absolute atomic E-state index is 13.3. The zero-order valence-corrected chi connectivity index (χ0v) is 20.8. The standard InChI is InChI=1S/C28H22BrFN4O/c1-18-16-25(19(2)33(18)23-14-10-21(29)11-15-23)26-17-27(34(32-26)24-6-4-3-5-7-24)31-28(35)20-8-12-22(30)13-9-20/h3-17H,1-2H3,(H,31,35). The zero-order chi connectivity index (χ0) is 24.5. The van der Waals surface area contributed by atoms with E-state index in [0.717, 1.165) is 38.5 Å². The van der Waals surface area contributed by atoms with Gasteiger partial charge in [-0.2, -0.15) is 5.10 Å². The normalized spacial score (nSPS) is 11.0. The van der Waals surface area contributed by atoms with Gasteiger partial charge in [-0.15, -0.1) is 0 Å². The van der Waals surface area contributed by atoms with Crippen LogP contribution in [0.1, 0.15) is 21.7 Å². The first-order valence-corrected chi connectivity index (χ1v) is 11.9. The summed E-state index contributed by atoms with van der Waals surface area (Å²) in [6.45, 7) is 4.12. The minimum Gasteiger partial charge on any atom is -0.318 e. The number of nitrogens with one attached hydrogen (secondary N) is 1. The molecule has 5 aromatic rings. The lowest BCUT2D eigenvalue weighted by atomic mass is 10.2. The van der Waals surface area contributed by atoms with Gasteiger partial charge in [-0.05, 0) is 80.6 Å². The number of nitrogens with zero attached hydrogens (tertiary/aromatic N) is 3. The van der Waals surface area contributed by atoms with Crippen molar-refractivity contribution in [3.8, 4) is 22.6 Å². The molecule has 1 N–H and O–H groups in total. The van der Waals surface area contributed by atoms with E-state index in [1.807, 2.05) is 48.5 Å². The van der Waals surface area contributed by atoms with Crippen molar-refractivity contribution in [2.45, 2.75) is 13.8 Å². The van der Waals surface area contributed by atoms with E-state index >= 15 is 0 Å². The molecule has 0 aliphatic heterocycles. The number of amides is 1. The molecule has 0 spiro atoms. The summed E-state index contributed by atoms with van der Waals surface area (Å²) >= 11 is 3.49. The number of aryl methyl sites for hydroxylation is 1. The van der Waals surface area contributed by atoms with Crippen LogP contribution in [0.2, 0.25) is 0 Å². The van der Waals surface area contributed by atoms with Crippen molar-refractivity contribution in [2.24, 2.45) is 0 Å². The molecule has 0 atom stereocenters. The fourth-order valence-corrected chi connectivity index (χ4v) is 4.43. The Bertz CT molecular complexity index is 1500. The minimum atomic E-state index is -0.390. The lowest BCUT2D eigenvalue weighted by Crippen LogP contribution is -2.15. The predicted molar refractivity (Wildman–Crippen MR) is 140 cm³/mol. The van der Waals surface area contributed by atoms with Crippen LogP contribution in [-0.2, 0) is 0 Å². The summed E-state index contributed by atoms with van der Waals surface area (Å²) in [4.78, 5) is 12.9. The third kappa shape index (κ3) is 4.55. The fraction of sp³-hybridized carbons (Fsp3) is 0.0714. The molecule has 7 heteroatoms. The number of carbonyl (C=O) groups excluding carboxylic acids is 1. The van der Waals surface area contributed by atoms with Crippen LogP contribution in [0.15, 0.2) is 95.5 Å². The van der Waals surface area contributed by atoms with Crippen molar-refractivity contribution >= 4 is 27.7 Å². The molecule has 5 nitrogen and oxygen atoms in total. The number of benzene rings is 3. The summed E-state index contributed by atoms with van der Waals surface area (Å²) in [5.41, 5.74) is 6.06. The summed E-state index contributed by atoms with van der Waals surface area (Å²) < 4.78 is 18.2. The number of halogens is 2. The van der Waals surface area contributed by atoms with Crippen molar-refractivity contribution in [1.29, 1.82) is 0 Å². The van der Waals surface area contributed by atoms with Crippen LogP contribution < -0.4 is 5.32 Å². The first kappa shape index (κ1) is 22.8. The summed E-state index contributed by atoms with van der Waals surface area (Å²) in [7, 11) is 0. The van der Waals surface area contributed by atoms with Crippen molar-refractivity contribution < 1.29 is 9.18 Å². The molecule has 0 aliphatic carbocycles. The lowest BCUT2D eigenvalue weighted by Gasteiger charge is -2.10. The molecular formula is C28H22BrFN4O. The number of rotatable bonds is 5. The Hall–Kier alpha value is -3.97. The average molecular weight is 529 g/mol. The van der Waals surface area contributed by atoms with Crippen molar-refractivity contribution in [1.82, 2.24) is 14.3 Å². The van der Waals surface area contributed by atoms with Gasteiger partial charge in [-0.1, -0.05) is 34.1 Å². The van der Waals surface area contributed by atoms with E-state index in [4.69, 9.17) is 5.10 Å². The Morgan fingerprint density at radius 1 is 0.886 bits per heavy atom. The molecule has 0 radical (unpaired) electrons. The van der Waals surface area contributed by atoms with E-state index < -0.39 is 0 Å². The fourth-order valence-electron chi connectivity index (χ4n) is 4.17. The highest BCUT2D eigenvalue weighted by molar-refractivity contribution is 9.10. The monoisotopic (exact) mass is 528 g/mol. The maximum atomic E-state index is 13.3. The van der Waals surface area contributed by atoms with Crippen LogP contribution in [-0.4, -0.2) is 20.3 Å². The van der Waals surface area contributed by atoms with Crippen LogP contribution in [0, 0.1) is 19.7 Å². The maximum Gasteiger partial charge on any atom is 0.256 e. The molecule has 3 aromatic carbocycles. The average Bonchev–Trinajstić information content (AvgIpc) is 3.40. The molecule has 5 rings (SSSR count). The van der Waals surface area contributed by atoms with Gasteiger partial charge in [0.15, 0.2) is 0 Å².